The van der Waals surface area contributed by atoms with Crippen LogP contribution in [0.1, 0.15) is 0 Å². The molecule has 0 aliphatic carbocycles. The molecule has 19 heavy (non-hydrogen) atoms. The van der Waals surface area contributed by atoms with Crippen molar-refractivity contribution in [2.24, 2.45) is 0 Å². The number of hydrogen-bond donors (Lipinski definition) is 2. The van der Waals surface area contributed by atoms with Crippen molar-refractivity contribution >= 4 is 45.2 Å². The van der Waals surface area contributed by atoms with Crippen LogP contribution in [0.15, 0.2) is 35.3 Å². The molecule has 0 bridgehead atoms. The van der Waals surface area contributed by atoms with Crippen LogP contribution >= 0.6 is 27.5 Å². The number of amides is 2. The van der Waals surface area contributed by atoms with Gasteiger partial charge in [-0.2, -0.15) is 0 Å². The van der Waals surface area contributed by atoms with Gasteiger partial charge < -0.3 is 10.4 Å². The minimum Gasteiger partial charge on any atom is -0.480 e. The summed E-state index contributed by atoms with van der Waals surface area (Å²) >= 11 is 8.94. The quantitative estimate of drug-likeness (QED) is 0.860. The third-order valence-electron chi connectivity index (χ3n) is 2.09. The van der Waals surface area contributed by atoms with Gasteiger partial charge in [0.25, 0.3) is 0 Å². The number of aliphatic carboxylic acids is 1. The molecule has 0 heterocycles. The van der Waals surface area contributed by atoms with Crippen molar-refractivity contribution in [1.82, 2.24) is 5.32 Å². The van der Waals surface area contributed by atoms with Gasteiger partial charge in [-0.25, -0.2) is 4.79 Å². The van der Waals surface area contributed by atoms with E-state index in [0.29, 0.717) is 15.2 Å². The van der Waals surface area contributed by atoms with E-state index in [4.69, 9.17) is 16.7 Å². The fourth-order valence-corrected chi connectivity index (χ4v) is 1.65. The summed E-state index contributed by atoms with van der Waals surface area (Å²) in [6.07, 6.45) is 0. The molecule has 0 spiro atoms. The van der Waals surface area contributed by atoms with E-state index in [2.05, 4.69) is 27.8 Å². The molecule has 1 rings (SSSR count). The second kappa shape index (κ2) is 7.16. The minimum absolute atomic E-state index is 0.204. The highest BCUT2D eigenvalue weighted by molar-refractivity contribution is 9.11. The third-order valence-corrected chi connectivity index (χ3v) is 2.61. The standard InChI is InChI=1S/C12H12BrClN2O3/c1-8(13)6-15-12(19)16(7-11(17)18)10-4-2-3-9(14)5-10/h2-5H,1,6-7H2,(H,15,19)(H,17,18). The molecule has 102 valence electrons. The maximum atomic E-state index is 11.9. The van der Waals surface area contributed by atoms with Crippen LogP contribution in [0, 0.1) is 0 Å². The molecule has 0 aliphatic rings. The van der Waals surface area contributed by atoms with Crippen LogP contribution in [0.3, 0.4) is 0 Å². The van der Waals surface area contributed by atoms with E-state index in [-0.39, 0.29) is 6.54 Å². The van der Waals surface area contributed by atoms with E-state index in [1.54, 1.807) is 18.2 Å². The molecular formula is C12H12BrClN2O3. The van der Waals surface area contributed by atoms with E-state index in [1.165, 1.54) is 6.07 Å². The predicted molar refractivity (Wildman–Crippen MR) is 77.9 cm³/mol. The summed E-state index contributed by atoms with van der Waals surface area (Å²) in [6.45, 7) is 3.33. The van der Waals surface area contributed by atoms with Crippen molar-refractivity contribution in [2.45, 2.75) is 0 Å². The first kappa shape index (κ1) is 15.5. The predicted octanol–water partition coefficient (Wildman–Crippen LogP) is 2.85. The molecule has 0 aliphatic heterocycles. The number of rotatable bonds is 5. The molecule has 0 unspecified atom stereocenters. The van der Waals surface area contributed by atoms with Crippen LogP contribution in [-0.4, -0.2) is 30.2 Å². The Bertz CT molecular complexity index is 508. The Morgan fingerprint density at radius 3 is 2.68 bits per heavy atom. The first-order valence-electron chi connectivity index (χ1n) is 5.26. The Hall–Kier alpha value is -1.53. The molecule has 0 radical (unpaired) electrons. The number of benzene rings is 1. The fraction of sp³-hybridized carbons (Fsp3) is 0.167. The van der Waals surface area contributed by atoms with Crippen molar-refractivity contribution < 1.29 is 14.7 Å². The zero-order chi connectivity index (χ0) is 14.4. The summed E-state index contributed by atoms with van der Waals surface area (Å²) in [4.78, 5) is 23.9. The molecule has 0 aromatic heterocycles. The van der Waals surface area contributed by atoms with Gasteiger partial charge in [0.1, 0.15) is 6.54 Å². The van der Waals surface area contributed by atoms with Gasteiger partial charge in [0.05, 0.1) is 6.54 Å². The van der Waals surface area contributed by atoms with Gasteiger partial charge in [-0.3, -0.25) is 9.69 Å². The average molecular weight is 348 g/mol. The molecule has 1 aromatic rings. The average Bonchev–Trinajstić information content (AvgIpc) is 2.32. The highest BCUT2D eigenvalue weighted by atomic mass is 79.9. The van der Waals surface area contributed by atoms with Gasteiger partial charge >= 0.3 is 12.0 Å². The Morgan fingerprint density at radius 1 is 1.47 bits per heavy atom. The number of urea groups is 1. The van der Waals surface area contributed by atoms with Gasteiger partial charge in [-0.15, -0.1) is 0 Å². The molecule has 2 amide bonds. The van der Waals surface area contributed by atoms with E-state index >= 15 is 0 Å². The number of carbonyl (C=O) groups is 2. The van der Waals surface area contributed by atoms with Gasteiger partial charge in [0.15, 0.2) is 0 Å². The molecule has 0 atom stereocenters. The first-order chi connectivity index (χ1) is 8.90. The summed E-state index contributed by atoms with van der Waals surface area (Å²) in [6, 6.07) is 5.88. The van der Waals surface area contributed by atoms with Gasteiger partial charge in [0, 0.05) is 15.2 Å². The van der Waals surface area contributed by atoms with E-state index in [1.807, 2.05) is 0 Å². The molecule has 1 aromatic carbocycles. The van der Waals surface area contributed by atoms with Crippen molar-refractivity contribution in [1.29, 1.82) is 0 Å². The normalized spacial score (nSPS) is 9.79. The number of nitrogens with one attached hydrogen (secondary N) is 1. The number of nitrogens with zero attached hydrogens (tertiary/aromatic N) is 1. The van der Waals surface area contributed by atoms with Crippen molar-refractivity contribution in [2.75, 3.05) is 18.0 Å². The Morgan fingerprint density at radius 2 is 2.16 bits per heavy atom. The highest BCUT2D eigenvalue weighted by Gasteiger charge is 2.18. The van der Waals surface area contributed by atoms with Crippen LogP contribution in [0.4, 0.5) is 10.5 Å². The van der Waals surface area contributed by atoms with Crippen LogP contribution in [0.5, 0.6) is 0 Å². The van der Waals surface area contributed by atoms with Crippen LogP contribution in [0.25, 0.3) is 0 Å². The Kier molecular flexibility index (Phi) is 5.85. The van der Waals surface area contributed by atoms with Crippen LogP contribution < -0.4 is 10.2 Å². The summed E-state index contributed by atoms with van der Waals surface area (Å²) in [5, 5.41) is 11.8. The lowest BCUT2D eigenvalue weighted by Crippen LogP contribution is -2.43. The topological polar surface area (TPSA) is 69.6 Å². The number of hydrogen-bond acceptors (Lipinski definition) is 2. The van der Waals surface area contributed by atoms with E-state index in [9.17, 15) is 9.59 Å². The second-order valence-corrected chi connectivity index (χ2v) is 5.19. The monoisotopic (exact) mass is 346 g/mol. The molecule has 0 fully saturated rings. The maximum absolute atomic E-state index is 11.9. The van der Waals surface area contributed by atoms with Crippen LogP contribution in [-0.2, 0) is 4.79 Å². The summed E-state index contributed by atoms with van der Waals surface area (Å²) in [5.41, 5.74) is 0.410. The molecular weight excluding hydrogens is 336 g/mol. The van der Waals surface area contributed by atoms with Crippen molar-refractivity contribution in [3.8, 4) is 0 Å². The molecule has 0 saturated heterocycles. The number of carboxylic acid groups (broad SMARTS) is 1. The lowest BCUT2D eigenvalue weighted by Gasteiger charge is -2.21. The summed E-state index contributed by atoms with van der Waals surface area (Å²) < 4.78 is 0.585. The smallest absolute Gasteiger partial charge is 0.323 e. The van der Waals surface area contributed by atoms with Crippen molar-refractivity contribution in [3.05, 3.63) is 40.3 Å². The zero-order valence-corrected chi connectivity index (χ0v) is 12.2. The van der Waals surface area contributed by atoms with Gasteiger partial charge in [0.2, 0.25) is 0 Å². The van der Waals surface area contributed by atoms with Gasteiger partial charge in [-0.1, -0.05) is 40.2 Å². The molecule has 2 N–H and O–H groups in total. The van der Waals surface area contributed by atoms with E-state index < -0.39 is 18.5 Å². The number of carbonyl (C=O) groups excluding carboxylic acids is 1. The molecule has 0 saturated carbocycles. The number of halogens is 2. The van der Waals surface area contributed by atoms with E-state index in [0.717, 1.165) is 4.90 Å². The highest BCUT2D eigenvalue weighted by Crippen LogP contribution is 2.19. The zero-order valence-electron chi connectivity index (χ0n) is 9.90. The SMILES string of the molecule is C=C(Br)CNC(=O)N(CC(=O)O)c1cccc(Cl)c1. The summed E-state index contributed by atoms with van der Waals surface area (Å²) in [7, 11) is 0. The number of carboxylic acids is 1. The molecule has 7 heteroatoms. The summed E-state index contributed by atoms with van der Waals surface area (Å²) in [5.74, 6) is -1.12. The lowest BCUT2D eigenvalue weighted by molar-refractivity contribution is -0.135. The Labute approximate surface area is 124 Å². The van der Waals surface area contributed by atoms with Gasteiger partial charge in [-0.05, 0) is 18.2 Å². The first-order valence-corrected chi connectivity index (χ1v) is 6.43. The molecule has 5 nitrogen and oxygen atoms in total. The second-order valence-electron chi connectivity index (χ2n) is 3.64. The number of anilines is 1. The third kappa shape index (κ3) is 5.32. The van der Waals surface area contributed by atoms with Crippen molar-refractivity contribution in [3.63, 3.8) is 0 Å². The Balaban J connectivity index is 2.91. The minimum atomic E-state index is -1.12. The fourth-order valence-electron chi connectivity index (χ4n) is 1.33. The lowest BCUT2D eigenvalue weighted by atomic mass is 10.3. The maximum Gasteiger partial charge on any atom is 0.323 e. The van der Waals surface area contributed by atoms with Crippen LogP contribution in [0.2, 0.25) is 5.02 Å². The largest absolute Gasteiger partial charge is 0.480 e.